The van der Waals surface area contributed by atoms with E-state index in [9.17, 15) is 40.2 Å². The molecule has 3 aliphatic heterocycles. The quantitative estimate of drug-likeness (QED) is 0.153. The van der Waals surface area contributed by atoms with Crippen LogP contribution in [-0.4, -0.2) is 141 Å². The molecule has 336 valence electrons. The number of rotatable bonds is 8. The minimum atomic E-state index is -1.49. The minimum Gasteiger partial charge on any atom is -0.455 e. The molecule has 5 aliphatic carbocycles. The van der Waals surface area contributed by atoms with Crippen LogP contribution in [0.4, 0.5) is 0 Å². The van der Waals surface area contributed by atoms with E-state index in [2.05, 4.69) is 34.6 Å². The van der Waals surface area contributed by atoms with Crippen molar-refractivity contribution in [3.8, 4) is 0 Å². The van der Waals surface area contributed by atoms with Gasteiger partial charge in [0.15, 0.2) is 24.8 Å². The van der Waals surface area contributed by atoms with Crippen LogP contribution in [0, 0.1) is 44.8 Å². The number of aliphatic hydroxyl groups excluding tert-OH is 5. The van der Waals surface area contributed by atoms with Crippen LogP contribution in [0.5, 0.6) is 0 Å². The summed E-state index contributed by atoms with van der Waals surface area (Å²) in [5.74, 6) is -1.47. The molecule has 3 saturated heterocycles. The van der Waals surface area contributed by atoms with E-state index in [-0.39, 0.29) is 58.7 Å². The fourth-order valence-electron chi connectivity index (χ4n) is 15.2. The molecule has 59 heavy (non-hydrogen) atoms. The van der Waals surface area contributed by atoms with Gasteiger partial charge in [-0.15, -0.1) is 0 Å². The minimum absolute atomic E-state index is 0.0659. The fourth-order valence-corrected chi connectivity index (χ4v) is 15.2. The SMILES string of the molecule is CC(=O)O[C@@H]1[C@@H](O[C@@H]2CC[C@]34C[C@]35CC[C@]3(C)[C@H]([C@]6(C)CC[C@@H](C(C)(C)O)O6)[C@@H](O)C[C@@]3(C)[C@@H]5C[C@H](O[C@@H]3OC[C@H](O)[C@H](O)[C@@H]3O)[C@@H]4C2(C)C)OC[C@@H](O)[C@H]1OC(C)=O. The summed E-state index contributed by atoms with van der Waals surface area (Å²) in [5.41, 5.74) is -3.16. The number of hydrogen-bond acceptors (Lipinski definition) is 15. The lowest BCUT2D eigenvalue weighted by Crippen LogP contribution is -2.65. The first kappa shape index (κ1) is 44.1. The molecular formula is C44H70O15. The van der Waals surface area contributed by atoms with Crippen LogP contribution in [0.3, 0.4) is 0 Å². The molecule has 8 fully saturated rings. The molecule has 0 bridgehead atoms. The second-order valence-corrected chi connectivity index (χ2v) is 21.8. The lowest BCUT2D eigenvalue weighted by molar-refractivity contribution is -0.327. The number of fused-ring (bicyclic) bond motifs is 2. The van der Waals surface area contributed by atoms with Crippen molar-refractivity contribution in [3.05, 3.63) is 0 Å². The molecule has 0 aromatic carbocycles. The van der Waals surface area contributed by atoms with Gasteiger partial charge in [0.1, 0.15) is 24.4 Å². The van der Waals surface area contributed by atoms with Gasteiger partial charge in [-0.25, -0.2) is 0 Å². The molecule has 6 N–H and O–H groups in total. The van der Waals surface area contributed by atoms with Gasteiger partial charge < -0.3 is 63.8 Å². The second-order valence-electron chi connectivity index (χ2n) is 21.8. The van der Waals surface area contributed by atoms with Crippen molar-refractivity contribution in [1.29, 1.82) is 0 Å². The highest BCUT2D eigenvalue weighted by atomic mass is 16.7. The van der Waals surface area contributed by atoms with Gasteiger partial charge in [-0.3, -0.25) is 9.59 Å². The number of aliphatic hydroxyl groups is 6. The number of carbonyl (C=O) groups excluding carboxylic acids is 2. The summed E-state index contributed by atoms with van der Waals surface area (Å²) in [6, 6.07) is 0. The highest BCUT2D eigenvalue weighted by molar-refractivity contribution is 5.67. The van der Waals surface area contributed by atoms with Gasteiger partial charge in [-0.2, -0.15) is 0 Å². The molecule has 0 unspecified atom stereocenters. The Hall–Kier alpha value is -1.50. The van der Waals surface area contributed by atoms with Gasteiger partial charge in [0.05, 0.1) is 48.8 Å². The highest BCUT2D eigenvalue weighted by Gasteiger charge is 2.85. The normalized spacial score (nSPS) is 54.0. The zero-order valence-electron chi connectivity index (χ0n) is 36.3. The zero-order chi connectivity index (χ0) is 43.0. The lowest BCUT2D eigenvalue weighted by Gasteiger charge is -2.65. The molecular weight excluding hydrogens is 768 g/mol. The molecule has 3 heterocycles. The van der Waals surface area contributed by atoms with Crippen LogP contribution in [0.2, 0.25) is 0 Å². The Morgan fingerprint density at radius 1 is 0.695 bits per heavy atom. The van der Waals surface area contributed by atoms with Crippen molar-refractivity contribution in [3.63, 3.8) is 0 Å². The van der Waals surface area contributed by atoms with E-state index in [1.807, 2.05) is 0 Å². The van der Waals surface area contributed by atoms with E-state index in [0.29, 0.717) is 25.7 Å². The Labute approximate surface area is 347 Å². The first-order chi connectivity index (χ1) is 27.3. The van der Waals surface area contributed by atoms with E-state index >= 15 is 0 Å². The average Bonchev–Trinajstić information content (AvgIpc) is 3.49. The van der Waals surface area contributed by atoms with Crippen molar-refractivity contribution >= 4 is 11.9 Å². The van der Waals surface area contributed by atoms with Crippen LogP contribution in [0.15, 0.2) is 0 Å². The predicted octanol–water partition coefficient (Wildman–Crippen LogP) is 2.50. The molecule has 0 amide bonds. The maximum absolute atomic E-state index is 12.3. The van der Waals surface area contributed by atoms with E-state index in [1.54, 1.807) is 13.8 Å². The molecule has 0 aromatic heterocycles. The Balaban J connectivity index is 1.13. The maximum atomic E-state index is 12.3. The number of ether oxygens (including phenoxy) is 7. The monoisotopic (exact) mass is 838 g/mol. The third-order valence-corrected chi connectivity index (χ3v) is 17.8. The predicted molar refractivity (Wildman–Crippen MR) is 207 cm³/mol. The summed E-state index contributed by atoms with van der Waals surface area (Å²) in [5, 5.41) is 66.3. The Morgan fingerprint density at radius 3 is 1.98 bits per heavy atom. The lowest BCUT2D eigenvalue weighted by atomic mass is 9.41. The van der Waals surface area contributed by atoms with Gasteiger partial charge in [0, 0.05) is 19.8 Å². The second kappa shape index (κ2) is 14.5. The van der Waals surface area contributed by atoms with E-state index in [0.717, 1.165) is 32.1 Å². The summed E-state index contributed by atoms with van der Waals surface area (Å²) in [6.45, 7) is 16.7. The van der Waals surface area contributed by atoms with E-state index in [4.69, 9.17) is 33.2 Å². The fraction of sp³-hybridized carbons (Fsp3) is 0.955. The standard InChI is InChI=1S/C44H70O15/c1-21(45)55-32-25(49)19-54-37(33(32)56-22(2)46)58-28-11-13-44-20-43(44)15-14-40(7)34(42(9)12-10-29(59-42)39(5,6)52)23(47)17-41(40,8)27(43)16-26(35(44)38(28,3)4)57-36-31(51)30(50)24(48)18-53-36/h23-37,47-52H,10-20H2,1-9H3/t23-,24-,25+,26-,27-,28+,29-,30-,31-,32+,33-,34+,35+,36-,37+,40+,41-,42-,43-,44+/m0/s1. The van der Waals surface area contributed by atoms with Gasteiger partial charge in [-0.1, -0.05) is 27.7 Å². The van der Waals surface area contributed by atoms with Crippen LogP contribution >= 0.6 is 0 Å². The van der Waals surface area contributed by atoms with Gasteiger partial charge >= 0.3 is 11.9 Å². The molecule has 8 aliphatic rings. The first-order valence-corrected chi connectivity index (χ1v) is 22.0. The average molecular weight is 839 g/mol. The third-order valence-electron chi connectivity index (χ3n) is 17.8. The number of carbonyl (C=O) groups is 2. The van der Waals surface area contributed by atoms with Crippen LogP contribution in [0.1, 0.15) is 120 Å². The van der Waals surface area contributed by atoms with Crippen molar-refractivity contribution in [2.45, 2.75) is 205 Å². The van der Waals surface area contributed by atoms with E-state index < -0.39 is 96.1 Å². The first-order valence-electron chi connectivity index (χ1n) is 22.0. The van der Waals surface area contributed by atoms with Crippen molar-refractivity contribution in [2.24, 2.45) is 44.8 Å². The Bertz CT molecular complexity index is 1630. The largest absolute Gasteiger partial charge is 0.455 e. The summed E-state index contributed by atoms with van der Waals surface area (Å²) < 4.78 is 43.5. The summed E-state index contributed by atoms with van der Waals surface area (Å²) in [7, 11) is 0. The molecule has 5 saturated carbocycles. The van der Waals surface area contributed by atoms with Crippen LogP contribution in [-0.2, 0) is 42.7 Å². The summed E-state index contributed by atoms with van der Waals surface area (Å²) in [6.07, 6.45) is -5.24. The molecule has 15 nitrogen and oxygen atoms in total. The van der Waals surface area contributed by atoms with Crippen LogP contribution < -0.4 is 0 Å². The Kier molecular flexibility index (Phi) is 10.9. The number of esters is 2. The maximum Gasteiger partial charge on any atom is 0.303 e. The smallest absolute Gasteiger partial charge is 0.303 e. The van der Waals surface area contributed by atoms with Crippen molar-refractivity contribution in [2.75, 3.05) is 13.2 Å². The zero-order valence-corrected chi connectivity index (χ0v) is 36.3. The topological polar surface area (TPSA) is 220 Å². The molecule has 0 radical (unpaired) electrons. The Morgan fingerprint density at radius 2 is 1.34 bits per heavy atom. The van der Waals surface area contributed by atoms with Crippen molar-refractivity contribution in [1.82, 2.24) is 0 Å². The summed E-state index contributed by atoms with van der Waals surface area (Å²) >= 11 is 0. The van der Waals surface area contributed by atoms with Crippen LogP contribution in [0.25, 0.3) is 0 Å². The van der Waals surface area contributed by atoms with Gasteiger partial charge in [-0.05, 0) is 117 Å². The molecule has 15 heteroatoms. The molecule has 0 aromatic rings. The van der Waals surface area contributed by atoms with E-state index in [1.165, 1.54) is 13.8 Å². The third kappa shape index (κ3) is 6.60. The number of hydrogen-bond donors (Lipinski definition) is 6. The summed E-state index contributed by atoms with van der Waals surface area (Å²) in [4.78, 5) is 24.4. The van der Waals surface area contributed by atoms with Gasteiger partial charge in [0.2, 0.25) is 0 Å². The molecule has 2 spiro atoms. The van der Waals surface area contributed by atoms with Gasteiger partial charge in [0.25, 0.3) is 0 Å². The molecule has 8 rings (SSSR count). The molecule has 20 atom stereocenters. The van der Waals surface area contributed by atoms with Crippen molar-refractivity contribution < 1.29 is 73.4 Å². The highest BCUT2D eigenvalue weighted by Crippen LogP contribution is 2.89.